The van der Waals surface area contributed by atoms with Crippen LogP contribution in [0, 0.1) is 0 Å². The lowest BCUT2D eigenvalue weighted by molar-refractivity contribution is -0.113. The Morgan fingerprint density at radius 3 is 2.27 bits per heavy atom. The molecule has 2 amide bonds. The fourth-order valence-corrected chi connectivity index (χ4v) is 4.84. The van der Waals surface area contributed by atoms with E-state index in [0.29, 0.717) is 34.5 Å². The molecule has 1 aliphatic rings. The van der Waals surface area contributed by atoms with Gasteiger partial charge in [-0.3, -0.25) is 9.59 Å². The van der Waals surface area contributed by atoms with Crippen LogP contribution in [-0.2, 0) is 4.79 Å². The van der Waals surface area contributed by atoms with Gasteiger partial charge in [-0.2, -0.15) is 4.68 Å². The number of hydrogen-bond donors (Lipinski definition) is 1. The molecule has 37 heavy (non-hydrogen) atoms. The van der Waals surface area contributed by atoms with Crippen molar-refractivity contribution in [3.05, 3.63) is 89.4 Å². The molecule has 0 unspecified atom stereocenters. The first-order valence-corrected chi connectivity index (χ1v) is 13.1. The van der Waals surface area contributed by atoms with Crippen LogP contribution in [0.25, 0.3) is 5.69 Å². The maximum absolute atomic E-state index is 12.7. The second-order valence-corrected chi connectivity index (χ2v) is 9.76. The number of thioether (sulfide) groups is 1. The average Bonchev–Trinajstić information content (AvgIpc) is 3.42. The predicted molar refractivity (Wildman–Crippen MR) is 145 cm³/mol. The summed E-state index contributed by atoms with van der Waals surface area (Å²) in [5.74, 6) is 0.0539. The highest BCUT2D eigenvalue weighted by atomic mass is 35.5. The van der Waals surface area contributed by atoms with E-state index >= 15 is 0 Å². The van der Waals surface area contributed by atoms with Gasteiger partial charge in [0, 0.05) is 48.1 Å². The highest BCUT2D eigenvalue weighted by Crippen LogP contribution is 2.22. The molecule has 0 saturated carbocycles. The standard InChI is InChI=1S/C26H24ClN7O2S/c27-20-8-6-19(7-9-20)25(36)33-16-14-32(15-17-33)22-12-10-21(11-13-22)28-24(35)18-37-26-29-30-31-34(26)23-4-2-1-3-5-23/h1-13H,14-18H2,(H,28,35). The van der Waals surface area contributed by atoms with Gasteiger partial charge in [0.25, 0.3) is 5.91 Å². The first-order valence-electron chi connectivity index (χ1n) is 11.7. The molecule has 1 aliphatic heterocycles. The molecule has 3 aromatic carbocycles. The minimum Gasteiger partial charge on any atom is -0.368 e. The molecule has 2 heterocycles. The smallest absolute Gasteiger partial charge is 0.253 e. The molecular weight excluding hydrogens is 510 g/mol. The summed E-state index contributed by atoms with van der Waals surface area (Å²) in [6.07, 6.45) is 0. The summed E-state index contributed by atoms with van der Waals surface area (Å²) >= 11 is 7.20. The van der Waals surface area contributed by atoms with Crippen molar-refractivity contribution in [2.75, 3.05) is 42.1 Å². The van der Waals surface area contributed by atoms with Gasteiger partial charge in [-0.05, 0) is 71.1 Å². The number of piperazine rings is 1. The Balaban J connectivity index is 1.11. The van der Waals surface area contributed by atoms with Gasteiger partial charge in [0.15, 0.2) is 0 Å². The highest BCUT2D eigenvalue weighted by Gasteiger charge is 2.22. The predicted octanol–water partition coefficient (Wildman–Crippen LogP) is 4.01. The number of nitrogens with one attached hydrogen (secondary N) is 1. The Kier molecular flexibility index (Phi) is 7.67. The fourth-order valence-electron chi connectivity index (χ4n) is 4.03. The Morgan fingerprint density at radius 1 is 0.865 bits per heavy atom. The number of benzene rings is 3. The molecule has 0 aliphatic carbocycles. The summed E-state index contributed by atoms with van der Waals surface area (Å²) in [5, 5.41) is 15.8. The topological polar surface area (TPSA) is 96.2 Å². The van der Waals surface area contributed by atoms with Crippen molar-refractivity contribution in [3.63, 3.8) is 0 Å². The zero-order valence-corrected chi connectivity index (χ0v) is 21.4. The Labute approximate surface area is 223 Å². The van der Waals surface area contributed by atoms with Crippen LogP contribution < -0.4 is 10.2 Å². The van der Waals surface area contributed by atoms with Crippen molar-refractivity contribution in [1.29, 1.82) is 0 Å². The van der Waals surface area contributed by atoms with Gasteiger partial charge in [-0.1, -0.05) is 41.6 Å². The number of hydrogen-bond acceptors (Lipinski definition) is 7. The summed E-state index contributed by atoms with van der Waals surface area (Å²) in [4.78, 5) is 29.3. The average molecular weight is 534 g/mol. The van der Waals surface area contributed by atoms with Gasteiger partial charge in [0.05, 0.1) is 11.4 Å². The minimum atomic E-state index is -0.144. The quantitative estimate of drug-likeness (QED) is 0.358. The molecule has 1 N–H and O–H groups in total. The van der Waals surface area contributed by atoms with Crippen molar-refractivity contribution in [2.45, 2.75) is 5.16 Å². The molecule has 4 aromatic rings. The van der Waals surface area contributed by atoms with Gasteiger partial charge in [0.2, 0.25) is 11.1 Å². The molecule has 11 heteroatoms. The Bertz CT molecular complexity index is 1360. The molecular formula is C26H24ClN7O2S. The normalized spacial score (nSPS) is 13.4. The number of rotatable bonds is 7. The monoisotopic (exact) mass is 533 g/mol. The number of anilines is 2. The molecule has 1 fully saturated rings. The second kappa shape index (κ2) is 11.4. The van der Waals surface area contributed by atoms with Crippen molar-refractivity contribution in [3.8, 4) is 5.69 Å². The lowest BCUT2D eigenvalue weighted by atomic mass is 10.1. The molecule has 0 spiro atoms. The third-order valence-electron chi connectivity index (χ3n) is 5.95. The zero-order valence-electron chi connectivity index (χ0n) is 19.8. The summed E-state index contributed by atoms with van der Waals surface area (Å²) in [7, 11) is 0. The number of amides is 2. The van der Waals surface area contributed by atoms with Crippen LogP contribution >= 0.6 is 23.4 Å². The largest absolute Gasteiger partial charge is 0.368 e. The van der Waals surface area contributed by atoms with E-state index in [1.807, 2.05) is 59.5 Å². The maximum atomic E-state index is 12.7. The van der Waals surface area contributed by atoms with Crippen LogP contribution in [0.2, 0.25) is 5.02 Å². The van der Waals surface area contributed by atoms with E-state index < -0.39 is 0 Å². The van der Waals surface area contributed by atoms with E-state index in [-0.39, 0.29) is 17.6 Å². The number of para-hydroxylation sites is 1. The van der Waals surface area contributed by atoms with Gasteiger partial charge in [-0.25, -0.2) is 0 Å². The van der Waals surface area contributed by atoms with Crippen molar-refractivity contribution in [1.82, 2.24) is 25.1 Å². The SMILES string of the molecule is O=C(CSc1nnnn1-c1ccccc1)Nc1ccc(N2CCN(C(=O)c3ccc(Cl)cc3)CC2)cc1. The van der Waals surface area contributed by atoms with Crippen LogP contribution in [0.3, 0.4) is 0 Å². The van der Waals surface area contributed by atoms with Crippen LogP contribution in [0.4, 0.5) is 11.4 Å². The lowest BCUT2D eigenvalue weighted by Crippen LogP contribution is -2.48. The number of tetrazole rings is 1. The van der Waals surface area contributed by atoms with E-state index in [1.54, 1.807) is 28.9 Å². The molecule has 1 saturated heterocycles. The summed E-state index contributed by atoms with van der Waals surface area (Å²) in [6, 6.07) is 24.3. The molecule has 0 atom stereocenters. The minimum absolute atomic E-state index is 0.0186. The maximum Gasteiger partial charge on any atom is 0.253 e. The molecule has 9 nitrogen and oxygen atoms in total. The van der Waals surface area contributed by atoms with Crippen LogP contribution in [0.1, 0.15) is 10.4 Å². The molecule has 1 aromatic heterocycles. The summed E-state index contributed by atoms with van der Waals surface area (Å²) in [6.45, 7) is 2.74. The Morgan fingerprint density at radius 2 is 1.57 bits per heavy atom. The molecule has 5 rings (SSSR count). The van der Waals surface area contributed by atoms with Gasteiger partial charge in [-0.15, -0.1) is 5.10 Å². The lowest BCUT2D eigenvalue weighted by Gasteiger charge is -2.36. The number of halogens is 1. The highest BCUT2D eigenvalue weighted by molar-refractivity contribution is 7.99. The third-order valence-corrected chi connectivity index (χ3v) is 7.12. The molecule has 0 bridgehead atoms. The molecule has 0 radical (unpaired) electrons. The third kappa shape index (κ3) is 6.10. The van der Waals surface area contributed by atoms with E-state index in [1.165, 1.54) is 11.8 Å². The van der Waals surface area contributed by atoms with Crippen molar-refractivity contribution < 1.29 is 9.59 Å². The zero-order chi connectivity index (χ0) is 25.6. The number of aromatic nitrogens is 4. The van der Waals surface area contributed by atoms with Crippen LogP contribution in [0.5, 0.6) is 0 Å². The first kappa shape index (κ1) is 24.8. The second-order valence-electron chi connectivity index (χ2n) is 8.38. The van der Waals surface area contributed by atoms with E-state index in [4.69, 9.17) is 11.6 Å². The van der Waals surface area contributed by atoms with Gasteiger partial charge >= 0.3 is 0 Å². The first-order chi connectivity index (χ1) is 18.1. The van der Waals surface area contributed by atoms with Crippen LogP contribution in [0.15, 0.2) is 84.0 Å². The van der Waals surface area contributed by atoms with E-state index in [9.17, 15) is 9.59 Å². The van der Waals surface area contributed by atoms with Gasteiger partial charge < -0.3 is 15.1 Å². The summed E-state index contributed by atoms with van der Waals surface area (Å²) < 4.78 is 1.61. The summed E-state index contributed by atoms with van der Waals surface area (Å²) in [5.41, 5.74) is 3.25. The number of carbonyl (C=O) groups excluding carboxylic acids is 2. The van der Waals surface area contributed by atoms with Crippen molar-refractivity contribution in [2.24, 2.45) is 0 Å². The van der Waals surface area contributed by atoms with Gasteiger partial charge in [0.1, 0.15) is 0 Å². The fraction of sp³-hybridized carbons (Fsp3) is 0.192. The van der Waals surface area contributed by atoms with Crippen LogP contribution in [-0.4, -0.2) is 68.9 Å². The number of carbonyl (C=O) groups is 2. The number of nitrogens with zero attached hydrogens (tertiary/aromatic N) is 6. The molecule has 188 valence electrons. The Hall–Kier alpha value is -3.89. The van der Waals surface area contributed by atoms with E-state index in [2.05, 4.69) is 25.7 Å². The van der Waals surface area contributed by atoms with E-state index in [0.717, 1.165) is 24.5 Å². The van der Waals surface area contributed by atoms with Crippen molar-refractivity contribution >= 4 is 46.6 Å².